The lowest BCUT2D eigenvalue weighted by Gasteiger charge is -2.16. The van der Waals surface area contributed by atoms with E-state index in [1.807, 2.05) is 60.7 Å². The van der Waals surface area contributed by atoms with Crippen LogP contribution in [0.2, 0.25) is 0 Å². The van der Waals surface area contributed by atoms with Crippen LogP contribution < -0.4 is 0 Å². The number of hydrogen-bond acceptors (Lipinski definition) is 6. The minimum absolute atomic E-state index is 0.0248. The van der Waals surface area contributed by atoms with Crippen molar-refractivity contribution in [2.75, 3.05) is 11.5 Å². The maximum Gasteiger partial charge on any atom is 0.224 e. The smallest absolute Gasteiger partial charge is 0.224 e. The third-order valence-electron chi connectivity index (χ3n) is 3.31. The van der Waals surface area contributed by atoms with Crippen molar-refractivity contribution < 1.29 is 9.59 Å². The third-order valence-corrected chi connectivity index (χ3v) is 8.57. The van der Waals surface area contributed by atoms with Gasteiger partial charge in [-0.1, -0.05) is 60.7 Å². The molecule has 1 fully saturated rings. The molecule has 0 saturated carbocycles. The summed E-state index contributed by atoms with van der Waals surface area (Å²) in [5.74, 6) is 2.07. The summed E-state index contributed by atoms with van der Waals surface area (Å²) in [6.45, 7) is 0. The van der Waals surface area contributed by atoms with E-state index in [0.29, 0.717) is 11.1 Å². The van der Waals surface area contributed by atoms with Crippen molar-refractivity contribution in [1.29, 1.82) is 0 Å². The molecule has 0 atom stereocenters. The highest BCUT2D eigenvalue weighted by atomic mass is 32.2. The van der Waals surface area contributed by atoms with Gasteiger partial charge in [0.15, 0.2) is 0 Å². The fraction of sp³-hybridized carbons (Fsp3) is 0.158. The van der Waals surface area contributed by atoms with Crippen LogP contribution in [0.4, 0.5) is 0 Å². The van der Waals surface area contributed by atoms with Crippen molar-refractivity contribution in [2.24, 2.45) is 0 Å². The van der Waals surface area contributed by atoms with Gasteiger partial charge in [-0.15, -0.1) is 23.5 Å². The summed E-state index contributed by atoms with van der Waals surface area (Å²) in [4.78, 5) is 25.2. The van der Waals surface area contributed by atoms with Gasteiger partial charge in [0, 0.05) is 11.1 Å². The highest BCUT2D eigenvalue weighted by molar-refractivity contribution is 8.37. The Kier molecular flexibility index (Phi) is 7.16. The Hall–Kier alpha value is -1.08. The van der Waals surface area contributed by atoms with Crippen LogP contribution >= 0.6 is 47.0 Å². The van der Waals surface area contributed by atoms with Crippen molar-refractivity contribution in [3.05, 3.63) is 80.3 Å². The lowest BCUT2D eigenvalue weighted by molar-refractivity contribution is 0.108. The third kappa shape index (κ3) is 5.45. The molecule has 2 aromatic rings. The topological polar surface area (TPSA) is 34.1 Å². The predicted molar refractivity (Wildman–Crippen MR) is 113 cm³/mol. The molecule has 1 saturated heterocycles. The zero-order valence-electron chi connectivity index (χ0n) is 13.3. The molecule has 0 bridgehead atoms. The summed E-state index contributed by atoms with van der Waals surface area (Å²) in [5, 5.41) is -0.0496. The minimum atomic E-state index is -0.0248. The first-order valence-electron chi connectivity index (χ1n) is 7.78. The number of rotatable bonds is 4. The molecule has 3 rings (SSSR count). The Labute approximate surface area is 164 Å². The number of thioether (sulfide) groups is 4. The van der Waals surface area contributed by atoms with Crippen LogP contribution in [-0.2, 0) is 0 Å². The lowest BCUT2D eigenvalue weighted by atomic mass is 10.2. The van der Waals surface area contributed by atoms with Crippen LogP contribution in [-0.4, -0.2) is 21.7 Å². The Bertz CT molecular complexity index is 709. The van der Waals surface area contributed by atoms with Crippen molar-refractivity contribution >= 4 is 57.3 Å². The van der Waals surface area contributed by atoms with Crippen molar-refractivity contribution in [3.63, 3.8) is 0 Å². The van der Waals surface area contributed by atoms with Gasteiger partial charge in [0.25, 0.3) is 0 Å². The first kappa shape index (κ1) is 18.7. The van der Waals surface area contributed by atoms with Crippen molar-refractivity contribution in [2.45, 2.75) is 6.42 Å². The number of carbonyl (C=O) groups is 2. The van der Waals surface area contributed by atoms with E-state index in [-0.39, 0.29) is 10.2 Å². The largest absolute Gasteiger partial charge is 0.281 e. The van der Waals surface area contributed by atoms with Gasteiger partial charge in [0.2, 0.25) is 10.2 Å². The van der Waals surface area contributed by atoms with Gasteiger partial charge in [0.05, 0.1) is 8.47 Å². The zero-order chi connectivity index (χ0) is 17.5. The van der Waals surface area contributed by atoms with E-state index in [4.69, 9.17) is 0 Å². The van der Waals surface area contributed by atoms with Crippen LogP contribution in [0.3, 0.4) is 0 Å². The maximum absolute atomic E-state index is 12.6. The van der Waals surface area contributed by atoms with Gasteiger partial charge in [-0.2, -0.15) is 0 Å². The van der Waals surface area contributed by atoms with Crippen LogP contribution in [0.1, 0.15) is 27.1 Å². The summed E-state index contributed by atoms with van der Waals surface area (Å²) >= 11 is 5.82. The monoisotopic (exact) mass is 404 g/mol. The quantitative estimate of drug-likeness (QED) is 0.610. The molecule has 0 radical (unpaired) electrons. The van der Waals surface area contributed by atoms with E-state index in [1.165, 1.54) is 23.5 Å². The molecule has 6 heteroatoms. The molecule has 128 valence electrons. The molecule has 1 aliphatic heterocycles. The highest BCUT2D eigenvalue weighted by Gasteiger charge is 2.21. The fourth-order valence-corrected chi connectivity index (χ4v) is 7.13. The number of hydrogen-bond donors (Lipinski definition) is 0. The first-order chi connectivity index (χ1) is 12.2. The van der Waals surface area contributed by atoms with Crippen LogP contribution in [0, 0.1) is 0 Å². The predicted octanol–water partition coefficient (Wildman–Crippen LogP) is 6.13. The van der Waals surface area contributed by atoms with Crippen molar-refractivity contribution in [1.82, 2.24) is 0 Å². The molecule has 0 N–H and O–H groups in total. The molecule has 1 heterocycles. The van der Waals surface area contributed by atoms with Gasteiger partial charge in [0.1, 0.15) is 0 Å². The van der Waals surface area contributed by atoms with Crippen LogP contribution in [0.5, 0.6) is 0 Å². The fourth-order valence-electron chi connectivity index (χ4n) is 2.09. The summed E-state index contributed by atoms with van der Waals surface area (Å²) in [6, 6.07) is 18.4. The highest BCUT2D eigenvalue weighted by Crippen LogP contribution is 2.46. The van der Waals surface area contributed by atoms with E-state index < -0.39 is 0 Å². The second-order valence-electron chi connectivity index (χ2n) is 5.14. The van der Waals surface area contributed by atoms with Crippen molar-refractivity contribution in [3.8, 4) is 0 Å². The summed E-state index contributed by atoms with van der Waals surface area (Å²) in [6.07, 6.45) is 1.15. The second-order valence-corrected chi connectivity index (χ2v) is 9.83. The molecular formula is C19H16O2S4. The molecule has 0 unspecified atom stereocenters. The molecule has 0 aromatic heterocycles. The van der Waals surface area contributed by atoms with E-state index in [2.05, 4.69) is 0 Å². The first-order valence-corrected chi connectivity index (χ1v) is 11.4. The molecule has 0 aliphatic carbocycles. The molecule has 25 heavy (non-hydrogen) atoms. The number of benzene rings is 2. The molecule has 0 amide bonds. The summed E-state index contributed by atoms with van der Waals surface area (Å²) in [5.41, 5.74) is 1.31. The Morgan fingerprint density at radius 2 is 1.16 bits per heavy atom. The Balaban J connectivity index is 1.81. The minimum Gasteiger partial charge on any atom is -0.281 e. The SMILES string of the molecule is O=C(SC(SC(=O)c1ccccc1)=C1SCCCS1)c1ccccc1. The molecule has 1 aliphatic rings. The molecule has 2 aromatic carbocycles. The Morgan fingerprint density at radius 3 is 1.60 bits per heavy atom. The van der Waals surface area contributed by atoms with Crippen LogP contribution in [0.15, 0.2) is 69.1 Å². The van der Waals surface area contributed by atoms with E-state index in [9.17, 15) is 9.59 Å². The van der Waals surface area contributed by atoms with E-state index in [1.54, 1.807) is 23.5 Å². The average molecular weight is 405 g/mol. The maximum atomic E-state index is 12.6. The van der Waals surface area contributed by atoms with E-state index in [0.717, 1.165) is 26.4 Å². The van der Waals surface area contributed by atoms with Gasteiger partial charge < -0.3 is 0 Å². The standard InChI is InChI=1S/C19H16O2S4/c20-16(14-8-3-1-4-9-14)24-19(18-22-12-7-13-23-18)25-17(21)15-10-5-2-6-11-15/h1-6,8-11H,7,12-13H2. The lowest BCUT2D eigenvalue weighted by Crippen LogP contribution is -2.00. The normalized spacial score (nSPS) is 14.2. The second kappa shape index (κ2) is 9.57. The van der Waals surface area contributed by atoms with E-state index >= 15 is 0 Å². The van der Waals surface area contributed by atoms with Crippen LogP contribution in [0.25, 0.3) is 0 Å². The van der Waals surface area contributed by atoms with Gasteiger partial charge in [-0.3, -0.25) is 9.59 Å². The molecular weight excluding hydrogens is 388 g/mol. The number of carbonyl (C=O) groups excluding carboxylic acids is 2. The van der Waals surface area contributed by atoms with Gasteiger partial charge in [-0.25, -0.2) is 0 Å². The van der Waals surface area contributed by atoms with Gasteiger partial charge in [-0.05, 0) is 41.5 Å². The van der Waals surface area contributed by atoms with Gasteiger partial charge >= 0.3 is 0 Å². The molecule has 2 nitrogen and oxygen atoms in total. The Morgan fingerprint density at radius 1 is 0.720 bits per heavy atom. The average Bonchev–Trinajstić information content (AvgIpc) is 2.69. The summed E-state index contributed by atoms with van der Waals surface area (Å²) < 4.78 is 1.90. The molecule has 0 spiro atoms. The summed E-state index contributed by atoms with van der Waals surface area (Å²) in [7, 11) is 0. The zero-order valence-corrected chi connectivity index (χ0v) is 16.6.